The van der Waals surface area contributed by atoms with Crippen molar-refractivity contribution in [2.24, 2.45) is 0 Å². The zero-order chi connectivity index (χ0) is 19.0. The van der Waals surface area contributed by atoms with Gasteiger partial charge in [-0.2, -0.15) is 0 Å². The maximum Gasteiger partial charge on any atom is 0.329 e. The number of nitrogens with zero attached hydrogens (tertiary/aromatic N) is 4. The second kappa shape index (κ2) is 6.86. The fourth-order valence-corrected chi connectivity index (χ4v) is 3.54. The van der Waals surface area contributed by atoms with Crippen LogP contribution in [-0.4, -0.2) is 47.1 Å². The van der Waals surface area contributed by atoms with Gasteiger partial charge in [0.25, 0.3) is 5.91 Å². The number of aromatic nitrogens is 2. The lowest BCUT2D eigenvalue weighted by Gasteiger charge is -2.35. The summed E-state index contributed by atoms with van der Waals surface area (Å²) in [7, 11) is 0. The molecule has 140 valence electrons. The molecule has 0 radical (unpaired) electrons. The van der Waals surface area contributed by atoms with Gasteiger partial charge in [-0.3, -0.25) is 15.0 Å². The number of amides is 3. The van der Waals surface area contributed by atoms with Gasteiger partial charge in [0, 0.05) is 25.3 Å². The molecular formula is C19H22N6O2. The fraction of sp³-hybridized carbons (Fsp3) is 0.368. The van der Waals surface area contributed by atoms with Crippen molar-refractivity contribution >= 4 is 29.3 Å². The predicted molar refractivity (Wildman–Crippen MR) is 103 cm³/mol. The van der Waals surface area contributed by atoms with Gasteiger partial charge in [-0.05, 0) is 44.5 Å². The lowest BCUT2D eigenvalue weighted by Crippen LogP contribution is -2.48. The van der Waals surface area contributed by atoms with E-state index in [-0.39, 0.29) is 24.0 Å². The van der Waals surface area contributed by atoms with Crippen LogP contribution in [0.2, 0.25) is 0 Å². The van der Waals surface area contributed by atoms with Gasteiger partial charge in [0.15, 0.2) is 5.82 Å². The maximum atomic E-state index is 13.0. The molecule has 0 spiro atoms. The van der Waals surface area contributed by atoms with Crippen LogP contribution in [0.1, 0.15) is 30.8 Å². The molecule has 2 N–H and O–H groups in total. The second-order valence-corrected chi connectivity index (χ2v) is 7.07. The van der Waals surface area contributed by atoms with E-state index in [2.05, 4.69) is 25.5 Å². The zero-order valence-corrected chi connectivity index (χ0v) is 15.3. The van der Waals surface area contributed by atoms with E-state index >= 15 is 0 Å². The molecule has 1 atom stereocenters. The highest BCUT2D eigenvalue weighted by atomic mass is 16.2. The Balaban J connectivity index is 1.67. The monoisotopic (exact) mass is 366 g/mol. The molecule has 27 heavy (non-hydrogen) atoms. The van der Waals surface area contributed by atoms with Crippen molar-refractivity contribution in [1.29, 1.82) is 0 Å². The number of fused-ring (bicyclic) bond motifs is 4. The van der Waals surface area contributed by atoms with Gasteiger partial charge in [0.1, 0.15) is 11.5 Å². The largest absolute Gasteiger partial charge is 0.366 e. The van der Waals surface area contributed by atoms with Gasteiger partial charge in [-0.25, -0.2) is 14.8 Å². The molecule has 4 heterocycles. The molecule has 2 aromatic heterocycles. The first kappa shape index (κ1) is 17.3. The summed E-state index contributed by atoms with van der Waals surface area (Å²) in [6.45, 7) is 5.43. The summed E-state index contributed by atoms with van der Waals surface area (Å²) in [5, 5.41) is 5.68. The van der Waals surface area contributed by atoms with Crippen LogP contribution in [0.15, 0.2) is 36.5 Å². The summed E-state index contributed by atoms with van der Waals surface area (Å²) in [4.78, 5) is 37.9. The van der Waals surface area contributed by atoms with Crippen molar-refractivity contribution in [3.63, 3.8) is 0 Å². The molecule has 2 bridgehead atoms. The van der Waals surface area contributed by atoms with E-state index in [1.165, 1.54) is 0 Å². The zero-order valence-electron chi connectivity index (χ0n) is 15.3. The van der Waals surface area contributed by atoms with Crippen LogP contribution in [0.5, 0.6) is 0 Å². The van der Waals surface area contributed by atoms with E-state index in [0.717, 1.165) is 25.2 Å². The molecule has 1 fully saturated rings. The molecule has 0 aliphatic carbocycles. The number of urea groups is 1. The number of hydrogen-bond donors (Lipinski definition) is 2. The molecule has 2 aliphatic heterocycles. The van der Waals surface area contributed by atoms with Crippen molar-refractivity contribution in [2.45, 2.75) is 32.4 Å². The van der Waals surface area contributed by atoms with Gasteiger partial charge in [-0.1, -0.05) is 6.07 Å². The first-order valence-corrected chi connectivity index (χ1v) is 9.11. The van der Waals surface area contributed by atoms with E-state index < -0.39 is 0 Å². The smallest absolute Gasteiger partial charge is 0.329 e. The van der Waals surface area contributed by atoms with Crippen molar-refractivity contribution in [2.75, 3.05) is 28.2 Å². The molecule has 4 rings (SSSR count). The molecule has 1 unspecified atom stereocenters. The number of anilines is 3. The van der Waals surface area contributed by atoms with E-state index in [1.54, 1.807) is 29.3 Å². The Morgan fingerprint density at radius 2 is 2.07 bits per heavy atom. The fourth-order valence-electron chi connectivity index (χ4n) is 3.54. The quantitative estimate of drug-likeness (QED) is 0.869. The standard InChI is InChI=1S/C19H22N6O2/c1-12(2)21-18(26)14-6-7-15-17(22-14)25(13-8-10-24(15)11-13)19(27)23-16-5-3-4-9-20-16/h3-7,9,12-13H,8,10-11H2,1-2H3,(H,21,26)(H,20,23,27). The number of carbonyl (C=O) groups excluding carboxylic acids is 2. The molecule has 2 aliphatic rings. The number of hydrogen-bond acceptors (Lipinski definition) is 5. The molecule has 3 amide bonds. The number of pyridine rings is 2. The van der Waals surface area contributed by atoms with Crippen LogP contribution in [0.3, 0.4) is 0 Å². The van der Waals surface area contributed by atoms with Crippen molar-refractivity contribution < 1.29 is 9.59 Å². The Labute approximate surface area is 157 Å². The summed E-state index contributed by atoms with van der Waals surface area (Å²) in [5.74, 6) is 0.762. The third-order valence-corrected chi connectivity index (χ3v) is 4.72. The Kier molecular flexibility index (Phi) is 4.39. The Morgan fingerprint density at radius 1 is 1.22 bits per heavy atom. The van der Waals surface area contributed by atoms with Crippen LogP contribution in [0.4, 0.5) is 22.1 Å². The van der Waals surface area contributed by atoms with E-state index in [0.29, 0.717) is 17.3 Å². The molecule has 8 nitrogen and oxygen atoms in total. The highest BCUT2D eigenvalue weighted by molar-refractivity contribution is 6.05. The second-order valence-electron chi connectivity index (χ2n) is 7.07. The molecule has 1 saturated heterocycles. The third-order valence-electron chi connectivity index (χ3n) is 4.72. The summed E-state index contributed by atoms with van der Waals surface area (Å²) in [6.07, 6.45) is 2.49. The minimum Gasteiger partial charge on any atom is -0.366 e. The van der Waals surface area contributed by atoms with E-state index in [4.69, 9.17) is 0 Å². The van der Waals surface area contributed by atoms with Gasteiger partial charge < -0.3 is 10.2 Å². The molecule has 8 heteroatoms. The summed E-state index contributed by atoms with van der Waals surface area (Å²) in [5.41, 5.74) is 1.18. The maximum absolute atomic E-state index is 13.0. The molecule has 0 aromatic carbocycles. The lowest BCUT2D eigenvalue weighted by atomic mass is 10.1. The SMILES string of the molecule is CC(C)NC(=O)c1ccc2c(n1)N(C(=O)Nc1ccccn1)C1CCN2C1. The highest BCUT2D eigenvalue weighted by Gasteiger charge is 2.40. The van der Waals surface area contributed by atoms with Crippen LogP contribution in [0, 0.1) is 0 Å². The average molecular weight is 366 g/mol. The first-order valence-electron chi connectivity index (χ1n) is 9.11. The Hall–Kier alpha value is -3.16. The van der Waals surface area contributed by atoms with Crippen LogP contribution in [0.25, 0.3) is 0 Å². The van der Waals surface area contributed by atoms with Crippen molar-refractivity contribution in [1.82, 2.24) is 15.3 Å². The highest BCUT2D eigenvalue weighted by Crippen LogP contribution is 2.39. The lowest BCUT2D eigenvalue weighted by molar-refractivity contribution is 0.0938. The van der Waals surface area contributed by atoms with Gasteiger partial charge in [-0.15, -0.1) is 0 Å². The van der Waals surface area contributed by atoms with Crippen LogP contribution < -0.4 is 20.4 Å². The normalized spacial score (nSPS) is 17.7. The minimum atomic E-state index is -0.282. The van der Waals surface area contributed by atoms with Crippen molar-refractivity contribution in [3.8, 4) is 0 Å². The predicted octanol–water partition coefficient (Wildman–Crippen LogP) is 2.25. The van der Waals surface area contributed by atoms with Gasteiger partial charge >= 0.3 is 6.03 Å². The van der Waals surface area contributed by atoms with Gasteiger partial charge in [0.2, 0.25) is 0 Å². The molecule has 0 saturated carbocycles. The van der Waals surface area contributed by atoms with Crippen LogP contribution in [-0.2, 0) is 0 Å². The Morgan fingerprint density at radius 3 is 2.81 bits per heavy atom. The van der Waals surface area contributed by atoms with Crippen molar-refractivity contribution in [3.05, 3.63) is 42.2 Å². The number of carbonyl (C=O) groups is 2. The number of nitrogens with one attached hydrogen (secondary N) is 2. The van der Waals surface area contributed by atoms with E-state index in [9.17, 15) is 9.59 Å². The Bertz CT molecular complexity index is 870. The minimum absolute atomic E-state index is 0.0128. The number of rotatable bonds is 3. The average Bonchev–Trinajstić information content (AvgIpc) is 3.06. The first-order chi connectivity index (χ1) is 13.0. The summed E-state index contributed by atoms with van der Waals surface area (Å²) in [6, 6.07) is 8.69. The summed E-state index contributed by atoms with van der Waals surface area (Å²) >= 11 is 0. The summed E-state index contributed by atoms with van der Waals surface area (Å²) < 4.78 is 0. The molecule has 2 aromatic rings. The van der Waals surface area contributed by atoms with Crippen LogP contribution >= 0.6 is 0 Å². The van der Waals surface area contributed by atoms with Gasteiger partial charge in [0.05, 0.1) is 11.7 Å². The van der Waals surface area contributed by atoms with E-state index in [1.807, 2.05) is 26.0 Å². The third kappa shape index (κ3) is 3.30. The topological polar surface area (TPSA) is 90.5 Å². The molecular weight excluding hydrogens is 344 g/mol.